The summed E-state index contributed by atoms with van der Waals surface area (Å²) in [4.78, 5) is 26.3. The average molecular weight is 438 g/mol. The Balaban J connectivity index is 1.94. The van der Waals surface area contributed by atoms with Gasteiger partial charge in [-0.1, -0.05) is 15.9 Å². The molecule has 1 heterocycles. The van der Waals surface area contributed by atoms with E-state index in [1.165, 1.54) is 18.4 Å². The molecule has 0 radical (unpaired) electrons. The highest BCUT2D eigenvalue weighted by Gasteiger charge is 2.28. The molecule has 3 rings (SSSR count). The molecule has 1 aliphatic carbocycles. The predicted molar refractivity (Wildman–Crippen MR) is 106 cm³/mol. The fraction of sp³-hybridized carbons (Fsp3) is 0.368. The third kappa shape index (κ3) is 3.78. The lowest BCUT2D eigenvalue weighted by Gasteiger charge is -2.14. The number of anilines is 1. The number of methoxy groups -OCH3 is 1. The van der Waals surface area contributed by atoms with Crippen LogP contribution in [0.1, 0.15) is 51.4 Å². The number of esters is 1. The zero-order chi connectivity index (χ0) is 18.8. The molecule has 0 fully saturated rings. The van der Waals surface area contributed by atoms with Gasteiger partial charge in [0, 0.05) is 9.35 Å². The van der Waals surface area contributed by atoms with Gasteiger partial charge >= 0.3 is 5.97 Å². The van der Waals surface area contributed by atoms with E-state index in [1.807, 2.05) is 19.9 Å². The monoisotopic (exact) mass is 437 g/mol. The number of benzene rings is 1. The van der Waals surface area contributed by atoms with Crippen LogP contribution in [0.5, 0.6) is 5.75 Å². The zero-order valence-electron chi connectivity index (χ0n) is 14.8. The van der Waals surface area contributed by atoms with E-state index in [2.05, 4.69) is 21.2 Å². The average Bonchev–Trinajstić information content (AvgIpc) is 3.16. The molecule has 5 nitrogen and oxygen atoms in total. The van der Waals surface area contributed by atoms with Crippen LogP contribution in [0.15, 0.2) is 22.7 Å². The standard InChI is InChI=1S/C19H20BrNO4S/c1-10(2)25-14-8-7-11(20)9-13(14)17(22)21-18-16(19(23)24-3)12-5-4-6-15(12)26-18/h7-10H,4-6H2,1-3H3,(H,21,22). The second-order valence-electron chi connectivity index (χ2n) is 6.31. The van der Waals surface area contributed by atoms with E-state index in [0.717, 1.165) is 34.2 Å². The summed E-state index contributed by atoms with van der Waals surface area (Å²) < 4.78 is 11.5. The summed E-state index contributed by atoms with van der Waals surface area (Å²) in [5, 5.41) is 3.43. The highest BCUT2D eigenvalue weighted by molar-refractivity contribution is 9.10. The first kappa shape index (κ1) is 18.9. The van der Waals surface area contributed by atoms with Gasteiger partial charge in [0.1, 0.15) is 10.8 Å². The van der Waals surface area contributed by atoms with Gasteiger partial charge in [0.25, 0.3) is 5.91 Å². The normalized spacial score (nSPS) is 12.8. The van der Waals surface area contributed by atoms with Crippen molar-refractivity contribution in [1.82, 2.24) is 0 Å². The van der Waals surface area contributed by atoms with Crippen molar-refractivity contribution in [2.24, 2.45) is 0 Å². The minimum absolute atomic E-state index is 0.0566. The number of aryl methyl sites for hydroxylation is 1. The molecule has 0 spiro atoms. The first-order valence-electron chi connectivity index (χ1n) is 8.41. The van der Waals surface area contributed by atoms with Gasteiger partial charge in [0.05, 0.1) is 24.3 Å². The molecule has 0 aliphatic heterocycles. The summed E-state index contributed by atoms with van der Waals surface area (Å²) in [5.41, 5.74) is 1.90. The number of fused-ring (bicyclic) bond motifs is 1. The van der Waals surface area contributed by atoms with E-state index in [0.29, 0.717) is 21.9 Å². The molecule has 138 valence electrons. The van der Waals surface area contributed by atoms with E-state index < -0.39 is 5.97 Å². The van der Waals surface area contributed by atoms with Crippen LogP contribution < -0.4 is 10.1 Å². The van der Waals surface area contributed by atoms with E-state index in [9.17, 15) is 9.59 Å². The largest absolute Gasteiger partial charge is 0.490 e. The van der Waals surface area contributed by atoms with Crippen LogP contribution in [-0.4, -0.2) is 25.1 Å². The fourth-order valence-electron chi connectivity index (χ4n) is 3.02. The third-order valence-corrected chi connectivity index (χ3v) is 5.79. The van der Waals surface area contributed by atoms with Crippen molar-refractivity contribution >= 4 is 44.1 Å². The molecular weight excluding hydrogens is 418 g/mol. The molecule has 1 amide bonds. The van der Waals surface area contributed by atoms with Gasteiger partial charge in [-0.15, -0.1) is 11.3 Å². The summed E-state index contributed by atoms with van der Waals surface area (Å²) in [6.45, 7) is 3.81. The van der Waals surface area contributed by atoms with Crippen LogP contribution in [0.3, 0.4) is 0 Å². The lowest BCUT2D eigenvalue weighted by atomic mass is 10.1. The van der Waals surface area contributed by atoms with Gasteiger partial charge in [-0.3, -0.25) is 4.79 Å². The lowest BCUT2D eigenvalue weighted by molar-refractivity contribution is 0.0601. The number of rotatable bonds is 5. The van der Waals surface area contributed by atoms with Crippen LogP contribution in [-0.2, 0) is 17.6 Å². The van der Waals surface area contributed by atoms with Crippen molar-refractivity contribution in [3.05, 3.63) is 44.2 Å². The maximum atomic E-state index is 12.9. The second kappa shape index (κ2) is 7.80. The molecule has 7 heteroatoms. The minimum atomic E-state index is -0.410. The molecule has 1 aliphatic rings. The van der Waals surface area contributed by atoms with Gasteiger partial charge < -0.3 is 14.8 Å². The van der Waals surface area contributed by atoms with E-state index >= 15 is 0 Å². The van der Waals surface area contributed by atoms with E-state index in [-0.39, 0.29) is 12.0 Å². The Kier molecular flexibility index (Phi) is 5.67. The van der Waals surface area contributed by atoms with Crippen molar-refractivity contribution in [2.75, 3.05) is 12.4 Å². The Morgan fingerprint density at radius 1 is 1.27 bits per heavy atom. The molecule has 0 saturated heterocycles. The highest BCUT2D eigenvalue weighted by atomic mass is 79.9. The van der Waals surface area contributed by atoms with E-state index in [1.54, 1.807) is 12.1 Å². The number of hydrogen-bond donors (Lipinski definition) is 1. The van der Waals surface area contributed by atoms with Crippen LogP contribution in [0.4, 0.5) is 5.00 Å². The predicted octanol–water partition coefficient (Wildman–Crippen LogP) is 4.83. The number of halogens is 1. The van der Waals surface area contributed by atoms with Gasteiger partial charge in [-0.05, 0) is 56.9 Å². The van der Waals surface area contributed by atoms with Crippen molar-refractivity contribution in [1.29, 1.82) is 0 Å². The molecule has 0 atom stereocenters. The molecule has 0 bridgehead atoms. The van der Waals surface area contributed by atoms with Crippen molar-refractivity contribution in [3.63, 3.8) is 0 Å². The SMILES string of the molecule is COC(=O)c1c(NC(=O)c2cc(Br)ccc2OC(C)C)sc2c1CCC2. The number of ether oxygens (including phenoxy) is 2. The van der Waals surface area contributed by atoms with Gasteiger partial charge in [-0.2, -0.15) is 0 Å². The Morgan fingerprint density at radius 3 is 2.73 bits per heavy atom. The van der Waals surface area contributed by atoms with Gasteiger partial charge in [0.2, 0.25) is 0 Å². The maximum Gasteiger partial charge on any atom is 0.341 e. The smallest absolute Gasteiger partial charge is 0.341 e. The van der Waals surface area contributed by atoms with Crippen LogP contribution in [0, 0.1) is 0 Å². The van der Waals surface area contributed by atoms with Gasteiger partial charge in [-0.25, -0.2) is 4.79 Å². The molecule has 0 saturated carbocycles. The molecule has 2 aromatic rings. The highest BCUT2D eigenvalue weighted by Crippen LogP contribution is 2.40. The van der Waals surface area contributed by atoms with Crippen LogP contribution >= 0.6 is 27.3 Å². The van der Waals surface area contributed by atoms with Crippen LogP contribution in [0.2, 0.25) is 0 Å². The first-order chi connectivity index (χ1) is 12.4. The number of hydrogen-bond acceptors (Lipinski definition) is 5. The Hall–Kier alpha value is -1.86. The number of carbonyl (C=O) groups is 2. The van der Waals surface area contributed by atoms with E-state index in [4.69, 9.17) is 9.47 Å². The Morgan fingerprint density at radius 2 is 2.04 bits per heavy atom. The molecular formula is C19H20BrNO4S. The van der Waals surface area contributed by atoms with Gasteiger partial charge in [0.15, 0.2) is 0 Å². The topological polar surface area (TPSA) is 64.6 Å². The molecule has 1 N–H and O–H groups in total. The molecule has 1 aromatic heterocycles. The Labute approximate surface area is 164 Å². The van der Waals surface area contributed by atoms with Crippen molar-refractivity contribution < 1.29 is 19.1 Å². The van der Waals surface area contributed by atoms with Crippen LogP contribution in [0.25, 0.3) is 0 Å². The summed E-state index contributed by atoms with van der Waals surface area (Å²) in [6, 6.07) is 5.30. The summed E-state index contributed by atoms with van der Waals surface area (Å²) in [7, 11) is 1.36. The van der Waals surface area contributed by atoms with Crippen molar-refractivity contribution in [3.8, 4) is 5.75 Å². The quantitative estimate of drug-likeness (QED) is 0.680. The lowest BCUT2D eigenvalue weighted by Crippen LogP contribution is -2.17. The summed E-state index contributed by atoms with van der Waals surface area (Å²) in [5.74, 6) is -0.218. The second-order valence-corrected chi connectivity index (χ2v) is 8.34. The number of thiophene rings is 1. The fourth-order valence-corrected chi connectivity index (χ4v) is 4.65. The number of amides is 1. The molecule has 1 aromatic carbocycles. The number of carbonyl (C=O) groups excluding carboxylic acids is 2. The summed E-state index contributed by atoms with van der Waals surface area (Å²) in [6.07, 6.45) is 2.74. The minimum Gasteiger partial charge on any atom is -0.490 e. The molecule has 0 unspecified atom stereocenters. The maximum absolute atomic E-state index is 12.9. The number of nitrogens with one attached hydrogen (secondary N) is 1. The third-order valence-electron chi connectivity index (χ3n) is 4.09. The van der Waals surface area contributed by atoms with Crippen molar-refractivity contribution in [2.45, 2.75) is 39.2 Å². The zero-order valence-corrected chi connectivity index (χ0v) is 17.3. The summed E-state index contributed by atoms with van der Waals surface area (Å²) >= 11 is 4.85. The Bertz CT molecular complexity index is 859. The molecule has 26 heavy (non-hydrogen) atoms. The first-order valence-corrected chi connectivity index (χ1v) is 10.0.